The first-order valence-electron chi connectivity index (χ1n) is 9.27. The van der Waals surface area contributed by atoms with E-state index in [0.29, 0.717) is 10.5 Å². The molecule has 0 aliphatic heterocycles. The van der Waals surface area contributed by atoms with Gasteiger partial charge in [0.25, 0.3) is 10.0 Å². The van der Waals surface area contributed by atoms with Gasteiger partial charge in [-0.05, 0) is 35.7 Å². The first kappa shape index (κ1) is 19.6. The van der Waals surface area contributed by atoms with Crippen LogP contribution in [0.3, 0.4) is 0 Å². The van der Waals surface area contributed by atoms with Gasteiger partial charge in [-0.15, -0.1) is 11.3 Å². The molecule has 0 spiro atoms. The fourth-order valence-corrected chi connectivity index (χ4v) is 7.42. The molecule has 1 saturated carbocycles. The van der Waals surface area contributed by atoms with E-state index in [4.69, 9.17) is 11.6 Å². The van der Waals surface area contributed by atoms with E-state index in [1.54, 1.807) is 19.1 Å². The molecule has 1 aliphatic carbocycles. The molecule has 0 radical (unpaired) electrons. The minimum Gasteiger partial charge on any atom is -0.480 e. The van der Waals surface area contributed by atoms with Crippen molar-refractivity contribution in [1.29, 1.82) is 0 Å². The monoisotopic (exact) mass is 460 g/mol. The Hall–Kier alpha value is -2.39. The SMILES string of the molecule is C[C@@H]1[C@H](c2ccccc2)[C@]1(NS(=O)(=O)c1cc2[nH]c3cc(Cl)ccc3c2s1)C(=O)O. The second-order valence-electron chi connectivity index (χ2n) is 7.58. The summed E-state index contributed by atoms with van der Waals surface area (Å²) >= 11 is 7.13. The van der Waals surface area contributed by atoms with Gasteiger partial charge in [0.1, 0.15) is 9.75 Å². The van der Waals surface area contributed by atoms with E-state index in [9.17, 15) is 18.3 Å². The highest BCUT2D eigenvalue weighted by molar-refractivity contribution is 7.91. The number of carboxylic acid groups (broad SMARTS) is 1. The maximum absolute atomic E-state index is 13.2. The lowest BCUT2D eigenvalue weighted by molar-refractivity contribution is -0.140. The number of carboxylic acids is 1. The lowest BCUT2D eigenvalue weighted by Gasteiger charge is -2.15. The van der Waals surface area contributed by atoms with Crippen molar-refractivity contribution in [2.75, 3.05) is 0 Å². The number of hydrogen-bond donors (Lipinski definition) is 3. The standard InChI is InChI=1S/C21H17ClN2O4S2/c1-11-18(12-5-3-2-4-6-12)21(11,20(25)26)24-30(27,28)17-10-16-19(29-17)14-8-7-13(22)9-15(14)23-16/h2-11,18,23-24H,1H3,(H,25,26)/t11-,18-,21+/m1/s1. The zero-order valence-corrected chi connectivity index (χ0v) is 18.1. The van der Waals surface area contributed by atoms with Gasteiger partial charge in [-0.1, -0.05) is 48.9 Å². The van der Waals surface area contributed by atoms with Crippen molar-refractivity contribution in [2.24, 2.45) is 5.92 Å². The van der Waals surface area contributed by atoms with Gasteiger partial charge < -0.3 is 10.1 Å². The third-order valence-electron chi connectivity index (χ3n) is 5.89. The number of hydrogen-bond acceptors (Lipinski definition) is 4. The number of carbonyl (C=O) groups is 1. The summed E-state index contributed by atoms with van der Waals surface area (Å²) in [6.45, 7) is 1.75. The molecular weight excluding hydrogens is 444 g/mol. The van der Waals surface area contributed by atoms with E-state index in [-0.39, 0.29) is 10.1 Å². The van der Waals surface area contributed by atoms with E-state index >= 15 is 0 Å². The number of benzene rings is 2. The number of rotatable bonds is 5. The zero-order chi connectivity index (χ0) is 21.3. The summed E-state index contributed by atoms with van der Waals surface area (Å²) in [7, 11) is -4.04. The lowest BCUT2D eigenvalue weighted by Crippen LogP contribution is -2.45. The van der Waals surface area contributed by atoms with Gasteiger partial charge >= 0.3 is 5.97 Å². The van der Waals surface area contributed by atoms with Crippen LogP contribution in [0.15, 0.2) is 58.8 Å². The van der Waals surface area contributed by atoms with Crippen molar-refractivity contribution < 1.29 is 18.3 Å². The third kappa shape index (κ3) is 2.79. The number of aromatic nitrogens is 1. The van der Waals surface area contributed by atoms with E-state index in [0.717, 1.165) is 32.5 Å². The number of halogens is 1. The number of aromatic amines is 1. The quantitative estimate of drug-likeness (QED) is 0.406. The summed E-state index contributed by atoms with van der Waals surface area (Å²) in [5, 5.41) is 11.4. The third-order valence-corrected chi connectivity index (χ3v) is 9.25. The smallest absolute Gasteiger partial charge is 0.325 e. The van der Waals surface area contributed by atoms with E-state index in [2.05, 4.69) is 9.71 Å². The highest BCUT2D eigenvalue weighted by Crippen LogP contribution is 2.58. The number of sulfonamides is 1. The van der Waals surface area contributed by atoms with E-state index in [1.165, 1.54) is 6.07 Å². The zero-order valence-electron chi connectivity index (χ0n) is 15.7. The molecule has 1 fully saturated rings. The Kier molecular flexibility index (Phi) is 4.27. The second kappa shape index (κ2) is 6.55. The minimum atomic E-state index is -4.04. The van der Waals surface area contributed by atoms with Gasteiger partial charge in [-0.25, -0.2) is 8.42 Å². The van der Waals surface area contributed by atoms with Crippen molar-refractivity contribution in [1.82, 2.24) is 9.71 Å². The largest absolute Gasteiger partial charge is 0.480 e. The molecule has 6 nitrogen and oxygen atoms in total. The molecule has 2 aromatic carbocycles. The Morgan fingerprint density at radius 3 is 2.60 bits per heavy atom. The molecule has 5 rings (SSSR count). The molecule has 30 heavy (non-hydrogen) atoms. The number of nitrogens with one attached hydrogen (secondary N) is 2. The molecule has 154 valence electrons. The van der Waals surface area contributed by atoms with Gasteiger partial charge in [-0.3, -0.25) is 4.79 Å². The van der Waals surface area contributed by atoms with Crippen LogP contribution in [0.25, 0.3) is 21.1 Å². The minimum absolute atomic E-state index is 0.0761. The van der Waals surface area contributed by atoms with E-state index in [1.807, 2.05) is 36.4 Å². The van der Waals surface area contributed by atoms with Crippen LogP contribution >= 0.6 is 22.9 Å². The normalized spacial score (nSPS) is 23.8. The first-order valence-corrected chi connectivity index (χ1v) is 11.9. The fourth-order valence-electron chi connectivity index (χ4n) is 4.33. The van der Waals surface area contributed by atoms with Gasteiger partial charge in [0.05, 0.1) is 10.2 Å². The Morgan fingerprint density at radius 2 is 1.90 bits per heavy atom. The molecule has 0 unspecified atom stereocenters. The lowest BCUT2D eigenvalue weighted by atomic mass is 10.1. The summed E-state index contributed by atoms with van der Waals surface area (Å²) in [4.78, 5) is 15.3. The molecule has 1 aliphatic rings. The molecule has 3 N–H and O–H groups in total. The van der Waals surface area contributed by atoms with Gasteiger partial charge in [-0.2, -0.15) is 4.72 Å². The molecule has 9 heteroatoms. The topological polar surface area (TPSA) is 99.3 Å². The average Bonchev–Trinajstić information content (AvgIpc) is 2.99. The Balaban J connectivity index is 1.54. The maximum Gasteiger partial charge on any atom is 0.325 e. The van der Waals surface area contributed by atoms with Gasteiger partial charge in [0.15, 0.2) is 0 Å². The molecule has 2 aromatic heterocycles. The Morgan fingerprint density at radius 1 is 1.17 bits per heavy atom. The Labute approximate surface area is 181 Å². The van der Waals surface area contributed by atoms with Crippen LogP contribution in [-0.4, -0.2) is 30.0 Å². The molecular formula is C21H17ClN2O4S2. The molecule has 2 heterocycles. The highest BCUT2D eigenvalue weighted by atomic mass is 35.5. The van der Waals surface area contributed by atoms with Crippen LogP contribution in [0.2, 0.25) is 5.02 Å². The number of fused-ring (bicyclic) bond motifs is 3. The molecule has 4 aromatic rings. The van der Waals surface area contributed by atoms with Gasteiger partial charge in [0.2, 0.25) is 0 Å². The van der Waals surface area contributed by atoms with Crippen LogP contribution in [-0.2, 0) is 14.8 Å². The summed E-state index contributed by atoms with van der Waals surface area (Å²) < 4.78 is 29.7. The highest BCUT2D eigenvalue weighted by Gasteiger charge is 2.70. The maximum atomic E-state index is 13.2. The number of thiophene rings is 1. The summed E-state index contributed by atoms with van der Waals surface area (Å²) in [6.07, 6.45) is 0. The molecule has 0 saturated heterocycles. The molecule has 0 amide bonds. The predicted molar refractivity (Wildman–Crippen MR) is 118 cm³/mol. The van der Waals surface area contributed by atoms with E-state index < -0.39 is 27.4 Å². The average molecular weight is 461 g/mol. The summed E-state index contributed by atoms with van der Waals surface area (Å²) in [5.41, 5.74) is 0.734. The molecule has 0 bridgehead atoms. The second-order valence-corrected chi connectivity index (χ2v) is 11.0. The van der Waals surface area contributed by atoms with Crippen molar-refractivity contribution in [3.63, 3.8) is 0 Å². The van der Waals surface area contributed by atoms with Crippen LogP contribution in [0.4, 0.5) is 0 Å². The number of aliphatic carboxylic acids is 1. The van der Waals surface area contributed by atoms with Crippen LogP contribution in [0, 0.1) is 5.92 Å². The molecule has 3 atom stereocenters. The first-order chi connectivity index (χ1) is 14.2. The fraction of sp³-hybridized carbons (Fsp3) is 0.190. The van der Waals surface area contributed by atoms with Crippen molar-refractivity contribution in [2.45, 2.75) is 22.6 Å². The Bertz CT molecular complexity index is 1410. The van der Waals surface area contributed by atoms with Crippen LogP contribution in [0.5, 0.6) is 0 Å². The summed E-state index contributed by atoms with van der Waals surface area (Å²) in [5.74, 6) is -1.98. The van der Waals surface area contributed by atoms with Crippen LogP contribution < -0.4 is 4.72 Å². The van der Waals surface area contributed by atoms with Crippen LogP contribution in [0.1, 0.15) is 18.4 Å². The number of H-pyrrole nitrogens is 1. The van der Waals surface area contributed by atoms with Crippen molar-refractivity contribution in [3.8, 4) is 0 Å². The summed E-state index contributed by atoms with van der Waals surface area (Å²) in [6, 6.07) is 16.0. The van der Waals surface area contributed by atoms with Crippen molar-refractivity contribution in [3.05, 3.63) is 65.2 Å². The predicted octanol–water partition coefficient (Wildman–Crippen LogP) is 4.57. The van der Waals surface area contributed by atoms with Gasteiger partial charge in [0, 0.05) is 21.8 Å². The van der Waals surface area contributed by atoms with Crippen molar-refractivity contribution >= 4 is 60.0 Å².